The van der Waals surface area contributed by atoms with Crippen molar-refractivity contribution in [1.29, 1.82) is 0 Å². The molecule has 2 rings (SSSR count). The van der Waals surface area contributed by atoms with Crippen molar-refractivity contribution in [2.45, 2.75) is 26.3 Å². The van der Waals surface area contributed by atoms with E-state index < -0.39 is 17.4 Å². The Balaban J connectivity index is 2.23. The van der Waals surface area contributed by atoms with Gasteiger partial charge in [0.2, 0.25) is 0 Å². The standard InChI is InChI=1S/C20H21ClN2O4/c1-20(2,3)23-18(25)13-7-5-6-12(10-13)17(24)22-16-11-14(19(26)27-4)8-9-15(16)21/h5-11H,1-4H3,(H,22,24)(H,23,25). The maximum atomic E-state index is 12.6. The maximum Gasteiger partial charge on any atom is 0.337 e. The first-order valence-corrected chi connectivity index (χ1v) is 8.60. The zero-order valence-corrected chi connectivity index (χ0v) is 16.3. The van der Waals surface area contributed by atoms with Crippen LogP contribution in [0.1, 0.15) is 51.8 Å². The molecule has 2 aromatic rings. The Morgan fingerprint density at radius 1 is 0.926 bits per heavy atom. The van der Waals surface area contributed by atoms with Gasteiger partial charge in [0.15, 0.2) is 0 Å². The topological polar surface area (TPSA) is 84.5 Å². The van der Waals surface area contributed by atoms with Gasteiger partial charge in [0.05, 0.1) is 23.4 Å². The van der Waals surface area contributed by atoms with Crippen molar-refractivity contribution >= 4 is 35.1 Å². The van der Waals surface area contributed by atoms with Crippen molar-refractivity contribution in [1.82, 2.24) is 5.32 Å². The van der Waals surface area contributed by atoms with Crippen LogP contribution in [-0.4, -0.2) is 30.4 Å². The Hall–Kier alpha value is -2.86. The number of carbonyl (C=O) groups excluding carboxylic acids is 3. The molecule has 0 atom stereocenters. The lowest BCUT2D eigenvalue weighted by atomic mass is 10.1. The Morgan fingerprint density at radius 2 is 1.56 bits per heavy atom. The molecule has 7 heteroatoms. The fourth-order valence-electron chi connectivity index (χ4n) is 2.27. The number of halogens is 1. The average molecular weight is 389 g/mol. The molecule has 0 aliphatic heterocycles. The molecule has 0 aliphatic carbocycles. The fraction of sp³-hybridized carbons (Fsp3) is 0.250. The number of ether oxygens (including phenoxy) is 1. The summed E-state index contributed by atoms with van der Waals surface area (Å²) in [6.07, 6.45) is 0. The molecule has 0 saturated carbocycles. The molecule has 0 fully saturated rings. The van der Waals surface area contributed by atoms with Gasteiger partial charge in [-0.15, -0.1) is 0 Å². The van der Waals surface area contributed by atoms with Gasteiger partial charge in [0.1, 0.15) is 0 Å². The van der Waals surface area contributed by atoms with Crippen LogP contribution in [0.4, 0.5) is 5.69 Å². The lowest BCUT2D eigenvalue weighted by Crippen LogP contribution is -2.40. The van der Waals surface area contributed by atoms with Crippen LogP contribution in [0.3, 0.4) is 0 Å². The van der Waals surface area contributed by atoms with E-state index in [4.69, 9.17) is 11.6 Å². The van der Waals surface area contributed by atoms with E-state index >= 15 is 0 Å². The second kappa shape index (κ2) is 8.22. The van der Waals surface area contributed by atoms with E-state index in [0.717, 1.165) is 0 Å². The zero-order chi connectivity index (χ0) is 20.2. The summed E-state index contributed by atoms with van der Waals surface area (Å²) in [5.74, 6) is -1.27. The van der Waals surface area contributed by atoms with E-state index in [2.05, 4.69) is 15.4 Å². The number of esters is 1. The first-order chi connectivity index (χ1) is 12.6. The van der Waals surface area contributed by atoms with Crippen LogP contribution in [0.2, 0.25) is 5.02 Å². The van der Waals surface area contributed by atoms with E-state index in [-0.39, 0.29) is 27.7 Å². The number of anilines is 1. The molecule has 142 valence electrons. The molecule has 0 bridgehead atoms. The van der Waals surface area contributed by atoms with E-state index in [9.17, 15) is 14.4 Å². The largest absolute Gasteiger partial charge is 0.465 e. The average Bonchev–Trinajstić information content (AvgIpc) is 2.61. The molecule has 2 aromatic carbocycles. The molecule has 27 heavy (non-hydrogen) atoms. The van der Waals surface area contributed by atoms with Crippen molar-refractivity contribution in [2.24, 2.45) is 0 Å². The predicted octanol–water partition coefficient (Wildman–Crippen LogP) is 3.91. The molecule has 0 radical (unpaired) electrons. The van der Waals surface area contributed by atoms with Gasteiger partial charge in [-0.25, -0.2) is 4.79 Å². The summed E-state index contributed by atoms with van der Waals surface area (Å²) in [7, 11) is 1.27. The monoisotopic (exact) mass is 388 g/mol. The third-order valence-corrected chi connectivity index (χ3v) is 3.84. The van der Waals surface area contributed by atoms with Gasteiger partial charge in [-0.1, -0.05) is 17.7 Å². The Bertz CT molecular complexity index is 888. The van der Waals surface area contributed by atoms with Gasteiger partial charge in [0, 0.05) is 16.7 Å². The molecule has 2 N–H and O–H groups in total. The second-order valence-electron chi connectivity index (χ2n) is 6.93. The summed E-state index contributed by atoms with van der Waals surface area (Å²) in [4.78, 5) is 36.5. The summed E-state index contributed by atoms with van der Waals surface area (Å²) in [5.41, 5.74) is 0.796. The first-order valence-electron chi connectivity index (χ1n) is 8.22. The highest BCUT2D eigenvalue weighted by molar-refractivity contribution is 6.34. The van der Waals surface area contributed by atoms with E-state index in [0.29, 0.717) is 5.56 Å². The lowest BCUT2D eigenvalue weighted by molar-refractivity contribution is 0.0600. The summed E-state index contributed by atoms with van der Waals surface area (Å²) >= 11 is 6.10. The first kappa shape index (κ1) is 20.5. The van der Waals surface area contributed by atoms with Crippen LogP contribution < -0.4 is 10.6 Å². The molecule has 0 saturated heterocycles. The molecule has 0 aliphatic rings. The molecule has 0 heterocycles. The Labute approximate surface area is 162 Å². The summed E-state index contributed by atoms with van der Waals surface area (Å²) in [6, 6.07) is 10.8. The lowest BCUT2D eigenvalue weighted by Gasteiger charge is -2.20. The van der Waals surface area contributed by atoms with Gasteiger partial charge < -0.3 is 15.4 Å². The Kier molecular flexibility index (Phi) is 6.23. The van der Waals surface area contributed by atoms with Crippen molar-refractivity contribution in [2.75, 3.05) is 12.4 Å². The van der Waals surface area contributed by atoms with Crippen LogP contribution >= 0.6 is 11.6 Å². The molecular weight excluding hydrogens is 368 g/mol. The highest BCUT2D eigenvalue weighted by atomic mass is 35.5. The minimum absolute atomic E-state index is 0.260. The number of nitrogens with one attached hydrogen (secondary N) is 2. The predicted molar refractivity (Wildman–Crippen MR) is 104 cm³/mol. The maximum absolute atomic E-state index is 12.6. The van der Waals surface area contributed by atoms with Crippen LogP contribution in [0.15, 0.2) is 42.5 Å². The number of amides is 2. The van der Waals surface area contributed by atoms with Gasteiger partial charge in [-0.3, -0.25) is 9.59 Å². The number of hydrogen-bond donors (Lipinski definition) is 2. The van der Waals surface area contributed by atoms with Crippen molar-refractivity contribution in [3.05, 3.63) is 64.2 Å². The van der Waals surface area contributed by atoms with Crippen molar-refractivity contribution in [3.8, 4) is 0 Å². The minimum atomic E-state index is -0.539. The summed E-state index contributed by atoms with van der Waals surface area (Å²) in [6.45, 7) is 5.62. The fourth-order valence-corrected chi connectivity index (χ4v) is 2.44. The van der Waals surface area contributed by atoms with Crippen LogP contribution in [0, 0.1) is 0 Å². The van der Waals surface area contributed by atoms with Gasteiger partial charge >= 0.3 is 5.97 Å². The van der Waals surface area contributed by atoms with E-state index in [1.165, 1.54) is 31.4 Å². The smallest absolute Gasteiger partial charge is 0.337 e. The molecule has 6 nitrogen and oxygen atoms in total. The molecule has 0 aromatic heterocycles. The van der Waals surface area contributed by atoms with Crippen molar-refractivity contribution in [3.63, 3.8) is 0 Å². The highest BCUT2D eigenvalue weighted by Crippen LogP contribution is 2.24. The summed E-state index contributed by atoms with van der Waals surface area (Å²) in [5, 5.41) is 5.77. The Morgan fingerprint density at radius 3 is 2.15 bits per heavy atom. The second-order valence-corrected chi connectivity index (χ2v) is 7.33. The third-order valence-electron chi connectivity index (χ3n) is 3.51. The number of hydrogen-bond acceptors (Lipinski definition) is 4. The number of methoxy groups -OCH3 is 1. The van der Waals surface area contributed by atoms with Gasteiger partial charge in [-0.2, -0.15) is 0 Å². The number of carbonyl (C=O) groups is 3. The van der Waals surface area contributed by atoms with Gasteiger partial charge in [0.25, 0.3) is 11.8 Å². The number of benzene rings is 2. The third kappa shape index (κ3) is 5.56. The zero-order valence-electron chi connectivity index (χ0n) is 15.6. The molecule has 0 spiro atoms. The summed E-state index contributed by atoms with van der Waals surface area (Å²) < 4.78 is 4.66. The van der Waals surface area contributed by atoms with Crippen LogP contribution in [0.25, 0.3) is 0 Å². The SMILES string of the molecule is COC(=O)c1ccc(Cl)c(NC(=O)c2cccc(C(=O)NC(C)(C)C)c2)c1. The minimum Gasteiger partial charge on any atom is -0.465 e. The number of rotatable bonds is 4. The molecule has 2 amide bonds. The molecular formula is C20H21ClN2O4. The highest BCUT2D eigenvalue weighted by Gasteiger charge is 2.17. The molecule has 0 unspecified atom stereocenters. The van der Waals surface area contributed by atoms with Crippen LogP contribution in [-0.2, 0) is 4.74 Å². The van der Waals surface area contributed by atoms with E-state index in [1.54, 1.807) is 18.2 Å². The van der Waals surface area contributed by atoms with Gasteiger partial charge in [-0.05, 0) is 57.2 Å². The van der Waals surface area contributed by atoms with Crippen LogP contribution in [0.5, 0.6) is 0 Å². The van der Waals surface area contributed by atoms with E-state index in [1.807, 2.05) is 20.8 Å². The van der Waals surface area contributed by atoms with Crippen molar-refractivity contribution < 1.29 is 19.1 Å². The quantitative estimate of drug-likeness (QED) is 0.778. The normalized spacial score (nSPS) is 10.9.